The monoisotopic (exact) mass is 191 g/mol. The van der Waals surface area contributed by atoms with E-state index in [1.807, 2.05) is 24.3 Å². The highest BCUT2D eigenvalue weighted by Crippen LogP contribution is 2.03. The lowest BCUT2D eigenvalue weighted by molar-refractivity contribution is 0.203. The van der Waals surface area contributed by atoms with Crippen molar-refractivity contribution in [3.05, 3.63) is 48.6 Å². The molecule has 0 aliphatic carbocycles. The standard InChI is InChI=1S/C12H17NO/c1-2-8-13(9-10-14)11-12-6-4-3-5-7-12/h2-7,14H,1,8-11H2. The van der Waals surface area contributed by atoms with Crippen LogP contribution in [0, 0.1) is 0 Å². The minimum absolute atomic E-state index is 0.195. The van der Waals surface area contributed by atoms with Crippen LogP contribution in [0.4, 0.5) is 0 Å². The molecule has 1 rings (SSSR count). The topological polar surface area (TPSA) is 23.5 Å². The van der Waals surface area contributed by atoms with E-state index in [9.17, 15) is 0 Å². The van der Waals surface area contributed by atoms with Gasteiger partial charge < -0.3 is 5.11 Å². The summed E-state index contributed by atoms with van der Waals surface area (Å²) in [4.78, 5) is 2.16. The number of rotatable bonds is 6. The predicted octanol–water partition coefficient (Wildman–Crippen LogP) is 1.67. The first-order valence-corrected chi connectivity index (χ1v) is 4.85. The van der Waals surface area contributed by atoms with Gasteiger partial charge in [0, 0.05) is 19.6 Å². The van der Waals surface area contributed by atoms with E-state index in [1.165, 1.54) is 5.56 Å². The molecule has 14 heavy (non-hydrogen) atoms. The van der Waals surface area contributed by atoms with Crippen molar-refractivity contribution in [2.75, 3.05) is 19.7 Å². The molecule has 76 valence electrons. The molecule has 1 N–H and O–H groups in total. The van der Waals surface area contributed by atoms with Crippen LogP contribution < -0.4 is 0 Å². The highest BCUT2D eigenvalue weighted by atomic mass is 16.3. The van der Waals surface area contributed by atoms with Gasteiger partial charge in [-0.25, -0.2) is 0 Å². The third kappa shape index (κ3) is 3.73. The van der Waals surface area contributed by atoms with Crippen molar-refractivity contribution < 1.29 is 5.11 Å². The molecule has 0 saturated carbocycles. The third-order valence-electron chi connectivity index (χ3n) is 2.05. The Morgan fingerprint density at radius 2 is 2.00 bits per heavy atom. The predicted molar refractivity (Wildman–Crippen MR) is 59.0 cm³/mol. The largest absolute Gasteiger partial charge is 0.395 e. The van der Waals surface area contributed by atoms with Crippen LogP contribution in [0.2, 0.25) is 0 Å². The van der Waals surface area contributed by atoms with Gasteiger partial charge >= 0.3 is 0 Å². The van der Waals surface area contributed by atoms with Crippen molar-refractivity contribution in [1.29, 1.82) is 0 Å². The molecular weight excluding hydrogens is 174 g/mol. The van der Waals surface area contributed by atoms with Crippen LogP contribution in [0.25, 0.3) is 0 Å². The van der Waals surface area contributed by atoms with Gasteiger partial charge in [-0.2, -0.15) is 0 Å². The van der Waals surface area contributed by atoms with Crippen LogP contribution in [-0.2, 0) is 6.54 Å². The second-order valence-electron chi connectivity index (χ2n) is 3.23. The third-order valence-corrected chi connectivity index (χ3v) is 2.05. The van der Waals surface area contributed by atoms with Gasteiger partial charge in [0.15, 0.2) is 0 Å². The minimum Gasteiger partial charge on any atom is -0.395 e. The van der Waals surface area contributed by atoms with Gasteiger partial charge in [-0.1, -0.05) is 36.4 Å². The highest BCUT2D eigenvalue weighted by molar-refractivity contribution is 5.14. The molecule has 0 atom stereocenters. The maximum Gasteiger partial charge on any atom is 0.0558 e. The summed E-state index contributed by atoms with van der Waals surface area (Å²) in [6, 6.07) is 10.2. The van der Waals surface area contributed by atoms with E-state index in [1.54, 1.807) is 0 Å². The van der Waals surface area contributed by atoms with Gasteiger partial charge in [0.25, 0.3) is 0 Å². The van der Waals surface area contributed by atoms with Crippen LogP contribution in [0.3, 0.4) is 0 Å². The molecule has 1 aromatic carbocycles. The number of nitrogens with zero attached hydrogens (tertiary/aromatic N) is 1. The first kappa shape index (κ1) is 11.0. The molecule has 0 bridgehead atoms. The van der Waals surface area contributed by atoms with Crippen molar-refractivity contribution in [1.82, 2.24) is 4.90 Å². The molecule has 0 fully saturated rings. The molecule has 0 aliphatic rings. The summed E-state index contributed by atoms with van der Waals surface area (Å²) in [7, 11) is 0. The van der Waals surface area contributed by atoms with Crippen LogP contribution in [-0.4, -0.2) is 29.7 Å². The molecule has 0 unspecified atom stereocenters. The molecule has 2 nitrogen and oxygen atoms in total. The van der Waals surface area contributed by atoms with E-state index >= 15 is 0 Å². The summed E-state index contributed by atoms with van der Waals surface area (Å²) in [5.41, 5.74) is 1.27. The molecule has 0 aromatic heterocycles. The average Bonchev–Trinajstić information content (AvgIpc) is 2.20. The van der Waals surface area contributed by atoms with Crippen molar-refractivity contribution in [2.45, 2.75) is 6.54 Å². The number of aliphatic hydroxyl groups is 1. The zero-order chi connectivity index (χ0) is 10.2. The Morgan fingerprint density at radius 1 is 1.29 bits per heavy atom. The Labute approximate surface area is 85.5 Å². The van der Waals surface area contributed by atoms with Gasteiger partial charge in [-0.15, -0.1) is 6.58 Å². The summed E-state index contributed by atoms with van der Waals surface area (Å²) in [5, 5.41) is 8.87. The summed E-state index contributed by atoms with van der Waals surface area (Å²) < 4.78 is 0. The first-order chi connectivity index (χ1) is 6.86. The SMILES string of the molecule is C=CCN(CCO)Cc1ccccc1. The van der Waals surface area contributed by atoms with E-state index in [2.05, 4.69) is 23.6 Å². The summed E-state index contributed by atoms with van der Waals surface area (Å²) in [6.07, 6.45) is 1.86. The second-order valence-corrected chi connectivity index (χ2v) is 3.23. The normalized spacial score (nSPS) is 10.4. The number of hydrogen-bond donors (Lipinski definition) is 1. The van der Waals surface area contributed by atoms with Gasteiger partial charge in [0.05, 0.1) is 6.61 Å². The lowest BCUT2D eigenvalue weighted by atomic mass is 10.2. The first-order valence-electron chi connectivity index (χ1n) is 4.85. The lowest BCUT2D eigenvalue weighted by Crippen LogP contribution is -2.26. The minimum atomic E-state index is 0.195. The smallest absolute Gasteiger partial charge is 0.0558 e. The quantitative estimate of drug-likeness (QED) is 0.691. The zero-order valence-corrected chi connectivity index (χ0v) is 8.39. The number of aliphatic hydroxyl groups excluding tert-OH is 1. The molecular formula is C12H17NO. The fraction of sp³-hybridized carbons (Fsp3) is 0.333. The van der Waals surface area contributed by atoms with Crippen molar-refractivity contribution in [3.8, 4) is 0 Å². The summed E-state index contributed by atoms with van der Waals surface area (Å²) >= 11 is 0. The molecule has 0 radical (unpaired) electrons. The molecule has 0 saturated heterocycles. The van der Waals surface area contributed by atoms with Gasteiger partial charge in [-0.05, 0) is 5.56 Å². The molecule has 2 heteroatoms. The van der Waals surface area contributed by atoms with Crippen LogP contribution >= 0.6 is 0 Å². The van der Waals surface area contributed by atoms with Gasteiger partial charge in [-0.3, -0.25) is 4.90 Å². The highest BCUT2D eigenvalue weighted by Gasteiger charge is 2.02. The fourth-order valence-corrected chi connectivity index (χ4v) is 1.40. The fourth-order valence-electron chi connectivity index (χ4n) is 1.40. The van der Waals surface area contributed by atoms with Crippen LogP contribution in [0.15, 0.2) is 43.0 Å². The lowest BCUT2D eigenvalue weighted by Gasteiger charge is -2.19. The van der Waals surface area contributed by atoms with Crippen LogP contribution in [0.1, 0.15) is 5.56 Å². The van der Waals surface area contributed by atoms with E-state index in [4.69, 9.17) is 5.11 Å². The van der Waals surface area contributed by atoms with Crippen LogP contribution in [0.5, 0.6) is 0 Å². The number of benzene rings is 1. The molecule has 0 heterocycles. The van der Waals surface area contributed by atoms with E-state index in [-0.39, 0.29) is 6.61 Å². The van der Waals surface area contributed by atoms with Crippen molar-refractivity contribution >= 4 is 0 Å². The maximum atomic E-state index is 8.87. The Kier molecular flexibility index (Phi) is 4.97. The zero-order valence-electron chi connectivity index (χ0n) is 8.39. The second kappa shape index (κ2) is 6.35. The molecule has 0 aliphatic heterocycles. The molecule has 1 aromatic rings. The molecule has 0 amide bonds. The van der Waals surface area contributed by atoms with Crippen molar-refractivity contribution in [2.24, 2.45) is 0 Å². The van der Waals surface area contributed by atoms with E-state index in [0.29, 0.717) is 6.54 Å². The molecule has 0 spiro atoms. The van der Waals surface area contributed by atoms with Gasteiger partial charge in [0.2, 0.25) is 0 Å². The average molecular weight is 191 g/mol. The van der Waals surface area contributed by atoms with Crippen molar-refractivity contribution in [3.63, 3.8) is 0 Å². The summed E-state index contributed by atoms with van der Waals surface area (Å²) in [6.45, 7) is 6.27. The Bertz CT molecular complexity index is 258. The van der Waals surface area contributed by atoms with E-state index in [0.717, 1.165) is 13.1 Å². The number of hydrogen-bond acceptors (Lipinski definition) is 2. The Balaban J connectivity index is 2.50. The maximum absolute atomic E-state index is 8.87. The Morgan fingerprint density at radius 3 is 2.57 bits per heavy atom. The Hall–Kier alpha value is -1.12. The van der Waals surface area contributed by atoms with Gasteiger partial charge in [0.1, 0.15) is 0 Å². The summed E-state index contributed by atoms with van der Waals surface area (Å²) in [5.74, 6) is 0. The van der Waals surface area contributed by atoms with E-state index < -0.39 is 0 Å².